The lowest BCUT2D eigenvalue weighted by atomic mass is 10.3. The third kappa shape index (κ3) is 4.36. The van der Waals surface area contributed by atoms with Gasteiger partial charge in [-0.25, -0.2) is 4.98 Å². The molecule has 0 atom stereocenters. The van der Waals surface area contributed by atoms with E-state index in [2.05, 4.69) is 20.6 Å². The van der Waals surface area contributed by atoms with Gasteiger partial charge in [0.1, 0.15) is 5.82 Å². The van der Waals surface area contributed by atoms with Gasteiger partial charge in [0.15, 0.2) is 5.69 Å². The molecule has 102 valence electrons. The molecule has 5 nitrogen and oxygen atoms in total. The molecule has 1 aromatic rings. The second-order valence-electron chi connectivity index (χ2n) is 3.54. The highest BCUT2D eigenvalue weighted by Crippen LogP contribution is 2.29. The number of anilines is 2. The van der Waals surface area contributed by atoms with Crippen LogP contribution in [0.3, 0.4) is 0 Å². The predicted octanol–water partition coefficient (Wildman–Crippen LogP) is 1.72. The quantitative estimate of drug-likeness (QED) is 0.730. The predicted molar refractivity (Wildman–Crippen MR) is 61.4 cm³/mol. The number of aliphatic hydroxyl groups excluding tert-OH is 1. The number of halogens is 3. The third-order valence-corrected chi connectivity index (χ3v) is 1.97. The van der Waals surface area contributed by atoms with Gasteiger partial charge in [-0.15, -0.1) is 0 Å². The average molecular weight is 264 g/mol. The van der Waals surface area contributed by atoms with Crippen LogP contribution in [0.4, 0.5) is 24.9 Å². The molecule has 8 heteroatoms. The van der Waals surface area contributed by atoms with E-state index < -0.39 is 11.9 Å². The van der Waals surface area contributed by atoms with Crippen LogP contribution in [-0.4, -0.2) is 34.8 Å². The molecule has 0 fully saturated rings. The maximum Gasteiger partial charge on any atom is 0.433 e. The topological polar surface area (TPSA) is 70.1 Å². The van der Waals surface area contributed by atoms with Crippen LogP contribution in [0.1, 0.15) is 19.0 Å². The minimum Gasteiger partial charge on any atom is -0.395 e. The van der Waals surface area contributed by atoms with Gasteiger partial charge in [-0.3, -0.25) is 0 Å². The first-order valence-corrected chi connectivity index (χ1v) is 5.52. The molecular formula is C10H15F3N4O. The van der Waals surface area contributed by atoms with Gasteiger partial charge in [-0.2, -0.15) is 18.2 Å². The van der Waals surface area contributed by atoms with Crippen LogP contribution in [0.15, 0.2) is 6.07 Å². The van der Waals surface area contributed by atoms with Crippen molar-refractivity contribution in [3.63, 3.8) is 0 Å². The minimum atomic E-state index is -4.53. The van der Waals surface area contributed by atoms with Gasteiger partial charge in [0, 0.05) is 19.2 Å². The van der Waals surface area contributed by atoms with Crippen LogP contribution in [0, 0.1) is 0 Å². The summed E-state index contributed by atoms with van der Waals surface area (Å²) in [5.74, 6) is -0.0444. The Kier molecular flexibility index (Phi) is 5.14. The van der Waals surface area contributed by atoms with Crippen LogP contribution >= 0.6 is 0 Å². The molecule has 18 heavy (non-hydrogen) atoms. The van der Waals surface area contributed by atoms with E-state index >= 15 is 0 Å². The van der Waals surface area contributed by atoms with Gasteiger partial charge >= 0.3 is 6.18 Å². The fourth-order valence-electron chi connectivity index (χ4n) is 1.18. The molecule has 1 heterocycles. The molecule has 0 spiro atoms. The van der Waals surface area contributed by atoms with Crippen LogP contribution < -0.4 is 10.6 Å². The summed E-state index contributed by atoms with van der Waals surface area (Å²) in [7, 11) is 0. The molecular weight excluding hydrogens is 249 g/mol. The molecule has 0 saturated carbocycles. The summed E-state index contributed by atoms with van der Waals surface area (Å²) in [6.07, 6.45) is -3.78. The first-order chi connectivity index (χ1) is 8.47. The Hall–Kier alpha value is -1.57. The Labute approximate surface area is 102 Å². The number of aromatic nitrogens is 2. The second kappa shape index (κ2) is 6.39. The van der Waals surface area contributed by atoms with Crippen molar-refractivity contribution >= 4 is 11.8 Å². The number of nitrogens with one attached hydrogen (secondary N) is 2. The number of alkyl halides is 3. The largest absolute Gasteiger partial charge is 0.433 e. The van der Waals surface area contributed by atoms with Crippen molar-refractivity contribution in [2.45, 2.75) is 19.5 Å². The number of hydrogen-bond acceptors (Lipinski definition) is 5. The fraction of sp³-hybridized carbons (Fsp3) is 0.600. The molecule has 0 aliphatic heterocycles. The summed E-state index contributed by atoms with van der Waals surface area (Å²) in [5.41, 5.74) is -1.02. The summed E-state index contributed by atoms with van der Waals surface area (Å²) >= 11 is 0. The highest BCUT2D eigenvalue weighted by atomic mass is 19.4. The summed E-state index contributed by atoms with van der Waals surface area (Å²) in [4.78, 5) is 7.28. The molecule has 0 radical (unpaired) electrons. The highest BCUT2D eigenvalue weighted by molar-refractivity contribution is 5.43. The highest BCUT2D eigenvalue weighted by Gasteiger charge is 2.33. The smallest absolute Gasteiger partial charge is 0.395 e. The average Bonchev–Trinajstić information content (AvgIpc) is 2.32. The fourth-order valence-corrected chi connectivity index (χ4v) is 1.18. The molecule has 1 rings (SSSR count). The van der Waals surface area contributed by atoms with Crippen molar-refractivity contribution in [3.8, 4) is 0 Å². The van der Waals surface area contributed by atoms with E-state index in [9.17, 15) is 13.2 Å². The lowest BCUT2D eigenvalue weighted by Crippen LogP contribution is -2.15. The number of rotatable bonds is 6. The standard InChI is InChI=1S/C10H15F3N4O/c1-2-3-15-9-16-7(10(11,12)13)6-8(17-9)14-4-5-18/h6,18H,2-5H2,1H3,(H2,14,15,16,17). The van der Waals surface area contributed by atoms with Crippen LogP contribution in [0.2, 0.25) is 0 Å². The van der Waals surface area contributed by atoms with Crippen molar-refractivity contribution in [1.82, 2.24) is 9.97 Å². The summed E-state index contributed by atoms with van der Waals surface area (Å²) < 4.78 is 37.8. The molecule has 0 unspecified atom stereocenters. The van der Waals surface area contributed by atoms with E-state index in [4.69, 9.17) is 5.11 Å². The Morgan fingerprint density at radius 2 is 1.94 bits per heavy atom. The van der Waals surface area contributed by atoms with Crippen molar-refractivity contribution < 1.29 is 18.3 Å². The summed E-state index contributed by atoms with van der Waals surface area (Å²) in [5, 5.41) is 13.9. The third-order valence-electron chi connectivity index (χ3n) is 1.97. The first kappa shape index (κ1) is 14.5. The van der Waals surface area contributed by atoms with Crippen LogP contribution in [-0.2, 0) is 6.18 Å². The van der Waals surface area contributed by atoms with Crippen LogP contribution in [0.5, 0.6) is 0 Å². The Morgan fingerprint density at radius 1 is 1.22 bits per heavy atom. The number of aliphatic hydroxyl groups is 1. The molecule has 3 N–H and O–H groups in total. The zero-order chi connectivity index (χ0) is 13.6. The van der Waals surface area contributed by atoms with Gasteiger partial charge in [-0.05, 0) is 6.42 Å². The van der Waals surface area contributed by atoms with Crippen LogP contribution in [0.25, 0.3) is 0 Å². The van der Waals surface area contributed by atoms with E-state index in [0.29, 0.717) is 6.54 Å². The number of hydrogen-bond donors (Lipinski definition) is 3. The van der Waals surface area contributed by atoms with Crippen molar-refractivity contribution in [3.05, 3.63) is 11.8 Å². The van der Waals surface area contributed by atoms with Gasteiger partial charge in [0.25, 0.3) is 0 Å². The van der Waals surface area contributed by atoms with Gasteiger partial charge in [0.2, 0.25) is 5.95 Å². The molecule has 0 bridgehead atoms. The van der Waals surface area contributed by atoms with E-state index in [1.54, 1.807) is 0 Å². The maximum atomic E-state index is 12.6. The molecule has 0 aliphatic carbocycles. The Bertz CT molecular complexity index is 358. The van der Waals surface area contributed by atoms with Crippen molar-refractivity contribution in [2.75, 3.05) is 30.3 Å². The lowest BCUT2D eigenvalue weighted by molar-refractivity contribution is -0.141. The van der Waals surface area contributed by atoms with Crippen molar-refractivity contribution in [1.29, 1.82) is 0 Å². The Balaban J connectivity index is 2.96. The molecule has 0 aromatic carbocycles. The Morgan fingerprint density at radius 3 is 2.50 bits per heavy atom. The minimum absolute atomic E-state index is 0.0324. The zero-order valence-electron chi connectivity index (χ0n) is 9.88. The molecule has 1 aromatic heterocycles. The first-order valence-electron chi connectivity index (χ1n) is 5.52. The second-order valence-corrected chi connectivity index (χ2v) is 3.54. The maximum absolute atomic E-state index is 12.6. The van der Waals surface area contributed by atoms with E-state index in [0.717, 1.165) is 12.5 Å². The normalized spacial score (nSPS) is 11.4. The molecule has 0 amide bonds. The zero-order valence-corrected chi connectivity index (χ0v) is 9.88. The van der Waals surface area contributed by atoms with Crippen molar-refractivity contribution in [2.24, 2.45) is 0 Å². The monoisotopic (exact) mass is 264 g/mol. The van der Waals surface area contributed by atoms with Gasteiger partial charge in [0.05, 0.1) is 6.61 Å². The molecule has 0 aliphatic rings. The summed E-state index contributed by atoms with van der Waals surface area (Å²) in [6.45, 7) is 2.30. The summed E-state index contributed by atoms with van der Waals surface area (Å²) in [6, 6.07) is 0.812. The van der Waals surface area contributed by atoms with Gasteiger partial charge in [-0.1, -0.05) is 6.92 Å². The SMILES string of the molecule is CCCNc1nc(NCCO)cc(C(F)(F)F)n1. The van der Waals surface area contributed by atoms with E-state index in [1.165, 1.54) is 0 Å². The lowest BCUT2D eigenvalue weighted by Gasteiger charge is -2.11. The van der Waals surface area contributed by atoms with E-state index in [-0.39, 0.29) is 24.9 Å². The molecule has 0 saturated heterocycles. The van der Waals surface area contributed by atoms with E-state index in [1.807, 2.05) is 6.92 Å². The van der Waals surface area contributed by atoms with Gasteiger partial charge < -0.3 is 15.7 Å². The number of nitrogens with zero attached hydrogens (tertiary/aromatic N) is 2.